The van der Waals surface area contributed by atoms with E-state index < -0.39 is 5.97 Å². The molecule has 0 unspecified atom stereocenters. The highest BCUT2D eigenvalue weighted by atomic mass is 32.1. The van der Waals surface area contributed by atoms with Crippen molar-refractivity contribution < 1.29 is 14.3 Å². The standard InChI is InChI=1S/C12H7NO3S/c14-12(15)7-3-4-8-9(6-7)16-11(13-8)10-2-1-5-17-10/h1-6H,(H,14,15). The third kappa shape index (κ3) is 1.70. The third-order valence-electron chi connectivity index (χ3n) is 2.37. The molecule has 84 valence electrons. The largest absolute Gasteiger partial charge is 0.478 e. The molecule has 0 radical (unpaired) electrons. The van der Waals surface area contributed by atoms with E-state index in [1.165, 1.54) is 23.5 Å². The fraction of sp³-hybridized carbons (Fsp3) is 0. The molecule has 2 heterocycles. The van der Waals surface area contributed by atoms with Gasteiger partial charge in [-0.05, 0) is 29.6 Å². The number of oxazole rings is 1. The van der Waals surface area contributed by atoms with Crippen LogP contribution in [0, 0.1) is 0 Å². The van der Waals surface area contributed by atoms with Crippen LogP contribution in [0.15, 0.2) is 40.1 Å². The number of nitrogens with zero attached hydrogens (tertiary/aromatic N) is 1. The van der Waals surface area contributed by atoms with Crippen LogP contribution in [0.3, 0.4) is 0 Å². The molecule has 4 nitrogen and oxygen atoms in total. The normalized spacial score (nSPS) is 10.8. The Bertz CT molecular complexity index is 685. The van der Waals surface area contributed by atoms with Gasteiger partial charge in [-0.3, -0.25) is 0 Å². The molecule has 0 aliphatic heterocycles. The number of aromatic nitrogens is 1. The minimum absolute atomic E-state index is 0.200. The first-order valence-corrected chi connectivity index (χ1v) is 5.80. The lowest BCUT2D eigenvalue weighted by atomic mass is 10.2. The number of carboxylic acids is 1. The SMILES string of the molecule is O=C(O)c1ccc2nc(-c3cccs3)oc2c1. The van der Waals surface area contributed by atoms with Gasteiger partial charge in [-0.15, -0.1) is 11.3 Å². The van der Waals surface area contributed by atoms with Crippen molar-refractivity contribution in [2.75, 3.05) is 0 Å². The third-order valence-corrected chi connectivity index (χ3v) is 3.23. The molecule has 0 aliphatic carbocycles. The van der Waals surface area contributed by atoms with Gasteiger partial charge in [-0.25, -0.2) is 9.78 Å². The fourth-order valence-corrected chi connectivity index (χ4v) is 2.21. The van der Waals surface area contributed by atoms with E-state index >= 15 is 0 Å². The summed E-state index contributed by atoms with van der Waals surface area (Å²) in [6, 6.07) is 8.48. The Balaban J connectivity index is 2.16. The monoisotopic (exact) mass is 245 g/mol. The summed E-state index contributed by atoms with van der Waals surface area (Å²) < 4.78 is 5.54. The molecule has 2 aromatic heterocycles. The summed E-state index contributed by atoms with van der Waals surface area (Å²) in [6.07, 6.45) is 0. The van der Waals surface area contributed by atoms with Crippen LogP contribution in [-0.2, 0) is 0 Å². The molecular formula is C12H7NO3S. The average Bonchev–Trinajstić information content (AvgIpc) is 2.96. The van der Waals surface area contributed by atoms with Gasteiger partial charge >= 0.3 is 5.97 Å². The van der Waals surface area contributed by atoms with Crippen molar-refractivity contribution in [2.45, 2.75) is 0 Å². The molecule has 1 N–H and O–H groups in total. The molecule has 0 saturated carbocycles. The summed E-state index contributed by atoms with van der Waals surface area (Å²) in [5.41, 5.74) is 1.36. The van der Waals surface area contributed by atoms with E-state index in [0.717, 1.165) is 4.88 Å². The van der Waals surface area contributed by atoms with Crippen LogP contribution in [-0.4, -0.2) is 16.1 Å². The summed E-state index contributed by atoms with van der Waals surface area (Å²) in [5, 5.41) is 10.8. The van der Waals surface area contributed by atoms with E-state index in [1.807, 2.05) is 17.5 Å². The Hall–Kier alpha value is -2.14. The van der Waals surface area contributed by atoms with Crippen LogP contribution in [0.4, 0.5) is 0 Å². The van der Waals surface area contributed by atoms with Gasteiger partial charge in [0.2, 0.25) is 5.89 Å². The predicted octanol–water partition coefficient (Wildman–Crippen LogP) is 3.25. The molecule has 0 aliphatic rings. The number of fused-ring (bicyclic) bond motifs is 1. The Kier molecular flexibility index (Phi) is 2.19. The number of carbonyl (C=O) groups is 1. The van der Waals surface area contributed by atoms with Crippen LogP contribution in [0.2, 0.25) is 0 Å². The number of rotatable bonds is 2. The molecule has 0 bridgehead atoms. The number of hydrogen-bond acceptors (Lipinski definition) is 4. The number of carboxylic acid groups (broad SMARTS) is 1. The van der Waals surface area contributed by atoms with E-state index in [9.17, 15) is 4.79 Å². The Morgan fingerprint density at radius 2 is 2.24 bits per heavy atom. The van der Waals surface area contributed by atoms with Crippen molar-refractivity contribution in [3.8, 4) is 10.8 Å². The van der Waals surface area contributed by atoms with E-state index in [-0.39, 0.29) is 5.56 Å². The summed E-state index contributed by atoms with van der Waals surface area (Å²) in [7, 11) is 0. The van der Waals surface area contributed by atoms with Gasteiger partial charge in [0, 0.05) is 0 Å². The first kappa shape index (κ1) is 10.0. The highest BCUT2D eigenvalue weighted by Gasteiger charge is 2.11. The molecule has 0 fully saturated rings. The van der Waals surface area contributed by atoms with Gasteiger partial charge in [0.15, 0.2) is 5.58 Å². The summed E-state index contributed by atoms with van der Waals surface area (Å²) >= 11 is 1.53. The molecule has 5 heteroatoms. The van der Waals surface area contributed by atoms with Crippen LogP contribution in [0.25, 0.3) is 21.9 Å². The van der Waals surface area contributed by atoms with Crippen molar-refractivity contribution in [3.63, 3.8) is 0 Å². The second-order valence-corrected chi connectivity index (χ2v) is 4.43. The van der Waals surface area contributed by atoms with Gasteiger partial charge in [0.05, 0.1) is 10.4 Å². The van der Waals surface area contributed by atoms with Crippen LogP contribution < -0.4 is 0 Å². The highest BCUT2D eigenvalue weighted by Crippen LogP contribution is 2.27. The smallest absolute Gasteiger partial charge is 0.335 e. The van der Waals surface area contributed by atoms with Crippen molar-refractivity contribution in [1.82, 2.24) is 4.98 Å². The maximum Gasteiger partial charge on any atom is 0.335 e. The molecule has 17 heavy (non-hydrogen) atoms. The van der Waals surface area contributed by atoms with E-state index in [0.29, 0.717) is 17.0 Å². The van der Waals surface area contributed by atoms with Crippen LogP contribution >= 0.6 is 11.3 Å². The lowest BCUT2D eigenvalue weighted by molar-refractivity contribution is 0.0697. The zero-order chi connectivity index (χ0) is 11.8. The maximum absolute atomic E-state index is 10.8. The van der Waals surface area contributed by atoms with E-state index in [2.05, 4.69) is 4.98 Å². The predicted molar refractivity (Wildman–Crippen MR) is 64.3 cm³/mol. The minimum Gasteiger partial charge on any atom is -0.478 e. The van der Waals surface area contributed by atoms with Gasteiger partial charge in [-0.2, -0.15) is 0 Å². The molecule has 0 saturated heterocycles. The van der Waals surface area contributed by atoms with Crippen molar-refractivity contribution in [1.29, 1.82) is 0 Å². The summed E-state index contributed by atoms with van der Waals surface area (Å²) in [6.45, 7) is 0. The van der Waals surface area contributed by atoms with Crippen LogP contribution in [0.5, 0.6) is 0 Å². The second-order valence-electron chi connectivity index (χ2n) is 3.48. The fourth-order valence-electron chi connectivity index (χ4n) is 1.56. The second kappa shape index (κ2) is 3.71. The molecular weight excluding hydrogens is 238 g/mol. The van der Waals surface area contributed by atoms with Crippen molar-refractivity contribution >= 4 is 28.4 Å². The Labute approximate surface area is 100 Å². The average molecular weight is 245 g/mol. The molecule has 1 aromatic carbocycles. The zero-order valence-electron chi connectivity index (χ0n) is 8.58. The van der Waals surface area contributed by atoms with Crippen LogP contribution in [0.1, 0.15) is 10.4 Å². The zero-order valence-corrected chi connectivity index (χ0v) is 9.40. The Morgan fingerprint density at radius 3 is 2.94 bits per heavy atom. The van der Waals surface area contributed by atoms with Crippen molar-refractivity contribution in [2.24, 2.45) is 0 Å². The quantitative estimate of drug-likeness (QED) is 0.752. The summed E-state index contributed by atoms with van der Waals surface area (Å²) in [5.74, 6) is -0.446. The summed E-state index contributed by atoms with van der Waals surface area (Å²) in [4.78, 5) is 16.1. The molecule has 3 rings (SSSR count). The van der Waals surface area contributed by atoms with Gasteiger partial charge in [0.25, 0.3) is 0 Å². The molecule has 3 aromatic rings. The topological polar surface area (TPSA) is 63.3 Å². The van der Waals surface area contributed by atoms with Gasteiger partial charge in [-0.1, -0.05) is 6.07 Å². The first-order chi connectivity index (χ1) is 8.24. The van der Waals surface area contributed by atoms with Crippen molar-refractivity contribution in [3.05, 3.63) is 41.3 Å². The first-order valence-electron chi connectivity index (χ1n) is 4.92. The highest BCUT2D eigenvalue weighted by molar-refractivity contribution is 7.13. The number of aromatic carboxylic acids is 1. The van der Waals surface area contributed by atoms with Gasteiger partial charge < -0.3 is 9.52 Å². The minimum atomic E-state index is -0.971. The maximum atomic E-state index is 10.8. The van der Waals surface area contributed by atoms with E-state index in [1.54, 1.807) is 6.07 Å². The number of benzene rings is 1. The van der Waals surface area contributed by atoms with E-state index in [4.69, 9.17) is 9.52 Å². The lowest BCUT2D eigenvalue weighted by Crippen LogP contribution is -1.94. The number of hydrogen-bond donors (Lipinski definition) is 1. The molecule has 0 spiro atoms. The molecule has 0 atom stereocenters. The number of thiophene rings is 1. The lowest BCUT2D eigenvalue weighted by Gasteiger charge is -1.91. The van der Waals surface area contributed by atoms with Gasteiger partial charge in [0.1, 0.15) is 5.52 Å². The Morgan fingerprint density at radius 1 is 1.35 bits per heavy atom. The molecule has 0 amide bonds.